The minimum atomic E-state index is 0.663. The van der Waals surface area contributed by atoms with Gasteiger partial charge in [0, 0.05) is 6.42 Å². The van der Waals surface area contributed by atoms with E-state index in [2.05, 4.69) is 15.5 Å². The molecule has 0 radical (unpaired) electrons. The molecule has 4 nitrogen and oxygen atoms in total. The number of rotatable bonds is 5. The second-order valence-corrected chi connectivity index (χ2v) is 4.31. The molecular weight excluding hydrogens is 190 g/mol. The van der Waals surface area contributed by atoms with E-state index >= 15 is 0 Å². The van der Waals surface area contributed by atoms with Gasteiger partial charge in [-0.1, -0.05) is 25.7 Å². The fourth-order valence-electron chi connectivity index (χ4n) is 2.24. The van der Waals surface area contributed by atoms with Crippen molar-refractivity contribution in [1.29, 1.82) is 0 Å². The van der Waals surface area contributed by atoms with Crippen molar-refractivity contribution >= 4 is 0 Å². The van der Waals surface area contributed by atoms with E-state index in [1.54, 1.807) is 0 Å². The Morgan fingerprint density at radius 1 is 1.27 bits per heavy atom. The Morgan fingerprint density at radius 2 is 2.00 bits per heavy atom. The first-order chi connectivity index (χ1) is 7.38. The van der Waals surface area contributed by atoms with Crippen molar-refractivity contribution in [3.05, 3.63) is 11.8 Å². The van der Waals surface area contributed by atoms with Crippen LogP contribution < -0.4 is 5.32 Å². The van der Waals surface area contributed by atoms with Gasteiger partial charge in [0.25, 0.3) is 0 Å². The van der Waals surface area contributed by atoms with Crippen molar-refractivity contribution in [2.24, 2.45) is 5.92 Å². The Hall–Kier alpha value is -0.900. The second-order valence-electron chi connectivity index (χ2n) is 4.31. The maximum Gasteiger partial charge on any atom is 0.230 e. The molecule has 0 aliphatic heterocycles. The van der Waals surface area contributed by atoms with E-state index in [1.807, 2.05) is 7.05 Å². The molecule has 1 aromatic heterocycles. The van der Waals surface area contributed by atoms with E-state index in [4.69, 9.17) is 4.42 Å². The van der Waals surface area contributed by atoms with Crippen molar-refractivity contribution in [2.45, 2.75) is 45.1 Å². The van der Waals surface area contributed by atoms with Gasteiger partial charge in [0.05, 0.1) is 6.54 Å². The Labute approximate surface area is 90.5 Å². The summed E-state index contributed by atoms with van der Waals surface area (Å²) in [5, 5.41) is 11.0. The lowest BCUT2D eigenvalue weighted by Crippen LogP contribution is -2.04. The molecule has 0 spiro atoms. The highest BCUT2D eigenvalue weighted by Gasteiger charge is 2.16. The summed E-state index contributed by atoms with van der Waals surface area (Å²) in [5.41, 5.74) is 0. The Balaban J connectivity index is 1.77. The molecule has 1 heterocycles. The highest BCUT2D eigenvalue weighted by atomic mass is 16.4. The lowest BCUT2D eigenvalue weighted by molar-refractivity contribution is 0.410. The van der Waals surface area contributed by atoms with Crippen LogP contribution in [0.4, 0.5) is 0 Å². The van der Waals surface area contributed by atoms with E-state index in [0.29, 0.717) is 12.4 Å². The van der Waals surface area contributed by atoms with E-state index in [1.165, 1.54) is 32.1 Å². The van der Waals surface area contributed by atoms with Crippen LogP contribution in [0.15, 0.2) is 4.42 Å². The lowest BCUT2D eigenvalue weighted by atomic mass is 10.0. The first-order valence-corrected chi connectivity index (χ1v) is 5.84. The average molecular weight is 209 g/mol. The molecule has 0 amide bonds. The third-order valence-corrected chi connectivity index (χ3v) is 3.08. The van der Waals surface area contributed by atoms with E-state index in [0.717, 1.165) is 18.2 Å². The van der Waals surface area contributed by atoms with Crippen LogP contribution in [0.25, 0.3) is 0 Å². The molecule has 0 atom stereocenters. The zero-order chi connectivity index (χ0) is 10.5. The lowest BCUT2D eigenvalue weighted by Gasteiger charge is -2.04. The molecule has 0 saturated heterocycles. The first-order valence-electron chi connectivity index (χ1n) is 5.84. The molecule has 2 rings (SSSR count). The van der Waals surface area contributed by atoms with Crippen LogP contribution in [0.2, 0.25) is 0 Å². The summed E-state index contributed by atoms with van der Waals surface area (Å²) >= 11 is 0. The number of aryl methyl sites for hydroxylation is 1. The molecule has 4 heteroatoms. The smallest absolute Gasteiger partial charge is 0.230 e. The second kappa shape index (κ2) is 5.26. The van der Waals surface area contributed by atoms with Gasteiger partial charge in [-0.15, -0.1) is 10.2 Å². The summed E-state index contributed by atoms with van der Waals surface area (Å²) in [6.45, 7) is 0.663. The summed E-state index contributed by atoms with van der Waals surface area (Å²) < 4.78 is 5.50. The number of hydrogen-bond acceptors (Lipinski definition) is 4. The van der Waals surface area contributed by atoms with Crippen molar-refractivity contribution in [2.75, 3.05) is 7.05 Å². The van der Waals surface area contributed by atoms with Gasteiger partial charge >= 0.3 is 0 Å². The fraction of sp³-hybridized carbons (Fsp3) is 0.818. The van der Waals surface area contributed by atoms with Crippen LogP contribution in [-0.2, 0) is 13.0 Å². The van der Waals surface area contributed by atoms with Crippen LogP contribution in [0.3, 0.4) is 0 Å². The minimum absolute atomic E-state index is 0.663. The largest absolute Gasteiger partial charge is 0.424 e. The summed E-state index contributed by atoms with van der Waals surface area (Å²) in [4.78, 5) is 0. The molecule has 0 unspecified atom stereocenters. The van der Waals surface area contributed by atoms with Crippen LogP contribution in [0, 0.1) is 5.92 Å². The van der Waals surface area contributed by atoms with Crippen LogP contribution >= 0.6 is 0 Å². The van der Waals surface area contributed by atoms with Gasteiger partial charge in [-0.2, -0.15) is 0 Å². The molecule has 1 saturated carbocycles. The Morgan fingerprint density at radius 3 is 2.73 bits per heavy atom. The topological polar surface area (TPSA) is 51.0 Å². The van der Waals surface area contributed by atoms with Gasteiger partial charge in [0.2, 0.25) is 11.8 Å². The summed E-state index contributed by atoms with van der Waals surface area (Å²) in [5.74, 6) is 2.38. The summed E-state index contributed by atoms with van der Waals surface area (Å²) in [6, 6.07) is 0. The van der Waals surface area contributed by atoms with E-state index in [-0.39, 0.29) is 0 Å². The van der Waals surface area contributed by atoms with Crippen molar-refractivity contribution in [1.82, 2.24) is 15.5 Å². The first kappa shape index (κ1) is 10.6. The monoisotopic (exact) mass is 209 g/mol. The van der Waals surface area contributed by atoms with Gasteiger partial charge in [-0.25, -0.2) is 0 Å². The van der Waals surface area contributed by atoms with E-state index < -0.39 is 0 Å². The standard InChI is InChI=1S/C11H19N3O/c1-12-8-11-14-13-10(15-11)7-6-9-4-2-3-5-9/h9,12H,2-8H2,1H3. The van der Waals surface area contributed by atoms with Crippen molar-refractivity contribution in [3.8, 4) is 0 Å². The molecule has 1 aliphatic carbocycles. The molecule has 1 aromatic rings. The number of hydrogen-bond donors (Lipinski definition) is 1. The van der Waals surface area contributed by atoms with Crippen LogP contribution in [0.1, 0.15) is 43.9 Å². The molecule has 1 fully saturated rings. The van der Waals surface area contributed by atoms with Gasteiger partial charge in [-0.05, 0) is 19.4 Å². The third-order valence-electron chi connectivity index (χ3n) is 3.08. The molecule has 0 bridgehead atoms. The third kappa shape index (κ3) is 3.02. The fourth-order valence-corrected chi connectivity index (χ4v) is 2.24. The zero-order valence-electron chi connectivity index (χ0n) is 9.33. The summed E-state index contributed by atoms with van der Waals surface area (Å²) in [7, 11) is 1.88. The van der Waals surface area contributed by atoms with Gasteiger partial charge in [-0.3, -0.25) is 0 Å². The Bertz CT molecular complexity index is 292. The van der Waals surface area contributed by atoms with Gasteiger partial charge < -0.3 is 9.73 Å². The van der Waals surface area contributed by atoms with Crippen LogP contribution in [0.5, 0.6) is 0 Å². The van der Waals surface area contributed by atoms with Crippen molar-refractivity contribution in [3.63, 3.8) is 0 Å². The molecule has 15 heavy (non-hydrogen) atoms. The SMILES string of the molecule is CNCc1nnc(CCC2CCCC2)o1. The van der Waals surface area contributed by atoms with Crippen LogP contribution in [-0.4, -0.2) is 17.2 Å². The quantitative estimate of drug-likeness (QED) is 0.804. The zero-order valence-corrected chi connectivity index (χ0v) is 9.33. The van der Waals surface area contributed by atoms with Crippen molar-refractivity contribution < 1.29 is 4.42 Å². The van der Waals surface area contributed by atoms with Gasteiger partial charge in [0.1, 0.15) is 0 Å². The molecule has 1 aliphatic rings. The predicted octanol–water partition coefficient (Wildman–Crippen LogP) is 1.91. The van der Waals surface area contributed by atoms with Gasteiger partial charge in [0.15, 0.2) is 0 Å². The normalized spacial score (nSPS) is 17.4. The maximum absolute atomic E-state index is 5.50. The number of aromatic nitrogens is 2. The summed E-state index contributed by atoms with van der Waals surface area (Å²) in [6.07, 6.45) is 7.73. The maximum atomic E-state index is 5.50. The Kier molecular flexibility index (Phi) is 3.72. The molecule has 0 aromatic carbocycles. The molecule has 1 N–H and O–H groups in total. The predicted molar refractivity (Wildman–Crippen MR) is 57.3 cm³/mol. The highest BCUT2D eigenvalue weighted by molar-refractivity contribution is 4.83. The molecule has 84 valence electrons. The molecular formula is C11H19N3O. The number of nitrogens with zero attached hydrogens (tertiary/aromatic N) is 2. The number of nitrogens with one attached hydrogen (secondary N) is 1. The van der Waals surface area contributed by atoms with E-state index in [9.17, 15) is 0 Å². The minimum Gasteiger partial charge on any atom is -0.424 e. The average Bonchev–Trinajstić information content (AvgIpc) is 2.85. The highest BCUT2D eigenvalue weighted by Crippen LogP contribution is 2.28.